The number of methoxy groups -OCH3 is 1. The van der Waals surface area contributed by atoms with Crippen molar-refractivity contribution in [2.75, 3.05) is 12.4 Å². The monoisotopic (exact) mass is 354 g/mol. The van der Waals surface area contributed by atoms with Crippen LogP contribution in [0.5, 0.6) is 5.75 Å². The van der Waals surface area contributed by atoms with Gasteiger partial charge in [0.25, 0.3) is 5.91 Å². The highest BCUT2D eigenvalue weighted by molar-refractivity contribution is 6.07. The first-order valence-corrected chi connectivity index (χ1v) is 8.29. The molecule has 0 aromatic heterocycles. The highest BCUT2D eigenvalue weighted by Gasteiger charge is 2.24. The Kier molecular flexibility index (Phi) is 5.31. The average Bonchev–Trinajstić information content (AvgIpc) is 3.44. The van der Waals surface area contributed by atoms with Gasteiger partial charge in [-0.25, -0.2) is 4.39 Å². The number of ether oxygens (including phenoxy) is 1. The van der Waals surface area contributed by atoms with Crippen LogP contribution in [0.1, 0.15) is 28.8 Å². The number of carbonyl (C=O) groups excluding carboxylic acids is 2. The van der Waals surface area contributed by atoms with Crippen LogP contribution in [-0.4, -0.2) is 25.0 Å². The first-order valence-electron chi connectivity index (χ1n) is 8.29. The zero-order valence-corrected chi connectivity index (χ0v) is 14.3. The molecule has 0 radical (unpaired) electrons. The van der Waals surface area contributed by atoms with Crippen LogP contribution in [-0.2, 0) is 4.79 Å². The van der Waals surface area contributed by atoms with E-state index in [4.69, 9.17) is 4.74 Å². The quantitative estimate of drug-likeness (QED) is 0.782. The van der Waals surface area contributed by atoms with Crippen molar-refractivity contribution in [3.8, 4) is 5.75 Å². The zero-order chi connectivity index (χ0) is 18.5. The molecule has 26 heavy (non-hydrogen) atoms. The lowest BCUT2D eigenvalue weighted by molar-refractivity contribution is -0.111. The van der Waals surface area contributed by atoms with E-state index in [2.05, 4.69) is 10.6 Å². The minimum Gasteiger partial charge on any atom is -0.494 e. The molecule has 134 valence electrons. The van der Waals surface area contributed by atoms with E-state index < -0.39 is 11.7 Å². The van der Waals surface area contributed by atoms with E-state index >= 15 is 0 Å². The number of nitrogens with one attached hydrogen (secondary N) is 2. The van der Waals surface area contributed by atoms with E-state index in [-0.39, 0.29) is 17.7 Å². The minimum absolute atomic E-state index is 0.141. The average molecular weight is 354 g/mol. The number of hydrogen-bond donors (Lipinski definition) is 2. The van der Waals surface area contributed by atoms with Crippen molar-refractivity contribution >= 4 is 23.6 Å². The van der Waals surface area contributed by atoms with E-state index in [1.54, 1.807) is 30.3 Å². The van der Waals surface area contributed by atoms with Gasteiger partial charge in [0.05, 0.1) is 18.4 Å². The molecule has 0 bridgehead atoms. The molecule has 2 amide bonds. The molecule has 0 aliphatic heterocycles. The van der Waals surface area contributed by atoms with Crippen LogP contribution in [0.2, 0.25) is 0 Å². The first-order chi connectivity index (χ1) is 12.6. The van der Waals surface area contributed by atoms with Crippen molar-refractivity contribution in [1.82, 2.24) is 5.32 Å². The molecule has 5 nitrogen and oxygen atoms in total. The smallest absolute Gasteiger partial charge is 0.253 e. The molecule has 2 N–H and O–H groups in total. The largest absolute Gasteiger partial charge is 0.494 e. The van der Waals surface area contributed by atoms with Crippen molar-refractivity contribution in [1.29, 1.82) is 0 Å². The minimum atomic E-state index is -0.503. The molecule has 2 aromatic rings. The fourth-order valence-corrected chi connectivity index (χ4v) is 2.41. The van der Waals surface area contributed by atoms with Gasteiger partial charge in [0, 0.05) is 12.1 Å². The van der Waals surface area contributed by atoms with E-state index in [9.17, 15) is 14.0 Å². The first kappa shape index (κ1) is 17.7. The summed E-state index contributed by atoms with van der Waals surface area (Å²) in [5, 5.41) is 5.58. The lowest BCUT2D eigenvalue weighted by atomic mass is 10.1. The molecule has 1 aliphatic rings. The fourth-order valence-electron chi connectivity index (χ4n) is 2.41. The van der Waals surface area contributed by atoms with Gasteiger partial charge in [-0.2, -0.15) is 0 Å². The van der Waals surface area contributed by atoms with Gasteiger partial charge in [-0.05, 0) is 48.7 Å². The van der Waals surface area contributed by atoms with Crippen molar-refractivity contribution in [2.24, 2.45) is 0 Å². The van der Waals surface area contributed by atoms with Gasteiger partial charge in [-0.3, -0.25) is 9.59 Å². The molecule has 1 saturated carbocycles. The van der Waals surface area contributed by atoms with Crippen molar-refractivity contribution < 1.29 is 18.7 Å². The van der Waals surface area contributed by atoms with E-state index in [0.29, 0.717) is 16.8 Å². The molecule has 3 rings (SSSR count). The maximum atomic E-state index is 13.7. The van der Waals surface area contributed by atoms with Crippen LogP contribution in [0.3, 0.4) is 0 Å². The highest BCUT2D eigenvalue weighted by Crippen LogP contribution is 2.22. The normalized spacial score (nSPS) is 13.5. The Morgan fingerprint density at radius 2 is 1.96 bits per heavy atom. The summed E-state index contributed by atoms with van der Waals surface area (Å²) in [6.07, 6.45) is 4.75. The lowest BCUT2D eigenvalue weighted by Gasteiger charge is -2.10. The van der Waals surface area contributed by atoms with Gasteiger partial charge in [0.1, 0.15) is 0 Å². The SMILES string of the molecule is COc1ccc(/C=C/C(=O)Nc2ccccc2C(=O)NC2CC2)cc1F. The second-order valence-electron chi connectivity index (χ2n) is 6.01. The Morgan fingerprint density at radius 1 is 1.19 bits per heavy atom. The van der Waals surface area contributed by atoms with Crippen LogP contribution < -0.4 is 15.4 Å². The van der Waals surface area contributed by atoms with Crippen LogP contribution in [0.4, 0.5) is 10.1 Å². The molecule has 1 aliphatic carbocycles. The third-order valence-electron chi connectivity index (χ3n) is 3.95. The number of para-hydroxylation sites is 1. The summed E-state index contributed by atoms with van der Waals surface area (Å²) in [5.74, 6) is -0.975. The molecule has 0 saturated heterocycles. The van der Waals surface area contributed by atoms with Crippen molar-refractivity contribution in [3.05, 3.63) is 65.5 Å². The second-order valence-corrected chi connectivity index (χ2v) is 6.01. The van der Waals surface area contributed by atoms with Crippen LogP contribution in [0, 0.1) is 5.82 Å². The summed E-state index contributed by atoms with van der Waals surface area (Å²) in [6, 6.07) is 11.5. The molecular formula is C20H19FN2O3. The Labute approximate surface area is 150 Å². The molecule has 1 fully saturated rings. The highest BCUT2D eigenvalue weighted by atomic mass is 19.1. The van der Waals surface area contributed by atoms with Gasteiger partial charge in [0.15, 0.2) is 11.6 Å². The third kappa shape index (κ3) is 4.47. The zero-order valence-electron chi connectivity index (χ0n) is 14.3. The maximum Gasteiger partial charge on any atom is 0.253 e. The van der Waals surface area contributed by atoms with Gasteiger partial charge in [-0.15, -0.1) is 0 Å². The van der Waals surface area contributed by atoms with E-state index in [0.717, 1.165) is 12.8 Å². The Morgan fingerprint density at radius 3 is 2.65 bits per heavy atom. The van der Waals surface area contributed by atoms with Gasteiger partial charge < -0.3 is 15.4 Å². The molecule has 2 aromatic carbocycles. The number of halogens is 1. The maximum absolute atomic E-state index is 13.7. The fraction of sp³-hybridized carbons (Fsp3) is 0.200. The number of amides is 2. The van der Waals surface area contributed by atoms with Crippen molar-refractivity contribution in [3.63, 3.8) is 0 Å². The van der Waals surface area contributed by atoms with Crippen molar-refractivity contribution in [2.45, 2.75) is 18.9 Å². The van der Waals surface area contributed by atoms with E-state index in [1.165, 1.54) is 31.4 Å². The predicted octanol–water partition coefficient (Wildman–Crippen LogP) is 3.38. The molecular weight excluding hydrogens is 335 g/mol. The lowest BCUT2D eigenvalue weighted by Crippen LogP contribution is -2.26. The molecule has 0 heterocycles. The number of anilines is 1. The summed E-state index contributed by atoms with van der Waals surface area (Å²) >= 11 is 0. The summed E-state index contributed by atoms with van der Waals surface area (Å²) in [5.41, 5.74) is 1.37. The Balaban J connectivity index is 1.68. The molecule has 0 unspecified atom stereocenters. The third-order valence-corrected chi connectivity index (χ3v) is 3.95. The topological polar surface area (TPSA) is 67.4 Å². The Hall–Kier alpha value is -3.15. The summed E-state index contributed by atoms with van der Waals surface area (Å²) in [6.45, 7) is 0. The van der Waals surface area contributed by atoms with E-state index in [1.807, 2.05) is 0 Å². The van der Waals surface area contributed by atoms with Gasteiger partial charge >= 0.3 is 0 Å². The number of carbonyl (C=O) groups is 2. The van der Waals surface area contributed by atoms with Gasteiger partial charge in [-0.1, -0.05) is 18.2 Å². The molecule has 0 atom stereocenters. The second kappa shape index (κ2) is 7.82. The number of rotatable bonds is 6. The summed E-state index contributed by atoms with van der Waals surface area (Å²) in [7, 11) is 1.39. The Bertz CT molecular complexity index is 860. The number of hydrogen-bond acceptors (Lipinski definition) is 3. The summed E-state index contributed by atoms with van der Waals surface area (Å²) in [4.78, 5) is 24.4. The summed E-state index contributed by atoms with van der Waals surface area (Å²) < 4.78 is 18.5. The van der Waals surface area contributed by atoms with Gasteiger partial charge in [0.2, 0.25) is 5.91 Å². The molecule has 0 spiro atoms. The molecule has 6 heteroatoms. The predicted molar refractivity (Wildman–Crippen MR) is 97.5 cm³/mol. The number of benzene rings is 2. The standard InChI is InChI=1S/C20H19FN2O3/c1-26-18-10-6-13(12-16(18)21)7-11-19(24)23-17-5-3-2-4-15(17)20(25)22-14-8-9-14/h2-7,10-12,14H,8-9H2,1H3,(H,22,25)(H,23,24)/b11-7+. The van der Waals surface area contributed by atoms with Crippen LogP contribution in [0.15, 0.2) is 48.5 Å². The van der Waals surface area contributed by atoms with Crippen LogP contribution >= 0.6 is 0 Å². The van der Waals surface area contributed by atoms with Crippen LogP contribution in [0.25, 0.3) is 6.08 Å².